The summed E-state index contributed by atoms with van der Waals surface area (Å²) in [6.45, 7) is 6.97. The molecule has 1 amide bonds. The first-order valence-electron chi connectivity index (χ1n) is 9.29. The van der Waals surface area contributed by atoms with Crippen LogP contribution in [0, 0.1) is 13.8 Å². The number of halogens is 1. The zero-order valence-electron chi connectivity index (χ0n) is 15.9. The number of aryl methyl sites for hydroxylation is 2. The molecule has 28 heavy (non-hydrogen) atoms. The molecule has 5 nitrogen and oxygen atoms in total. The van der Waals surface area contributed by atoms with E-state index in [1.807, 2.05) is 55.1 Å². The van der Waals surface area contributed by atoms with Gasteiger partial charge in [-0.25, -0.2) is 4.98 Å². The van der Waals surface area contributed by atoms with Gasteiger partial charge in [0.15, 0.2) is 11.7 Å². The van der Waals surface area contributed by atoms with Gasteiger partial charge in [0, 0.05) is 31.2 Å². The number of piperazine rings is 1. The maximum Gasteiger partial charge on any atom is 0.260 e. The lowest BCUT2D eigenvalue weighted by Gasteiger charge is -2.34. The summed E-state index contributed by atoms with van der Waals surface area (Å²) in [7, 11) is 0. The molecule has 4 rings (SSSR count). The average Bonchev–Trinajstić information content (AvgIpc) is 3.15. The van der Waals surface area contributed by atoms with E-state index in [2.05, 4.69) is 4.90 Å². The number of thiazole rings is 1. The van der Waals surface area contributed by atoms with Crippen molar-refractivity contribution in [2.24, 2.45) is 0 Å². The minimum atomic E-state index is 0.0205. The van der Waals surface area contributed by atoms with Crippen molar-refractivity contribution in [2.45, 2.75) is 13.8 Å². The van der Waals surface area contributed by atoms with E-state index in [1.165, 1.54) is 5.56 Å². The molecule has 3 aromatic rings. The number of carbonyl (C=O) groups excluding carboxylic acids is 1. The maximum atomic E-state index is 12.5. The highest BCUT2D eigenvalue weighted by molar-refractivity contribution is 7.22. The van der Waals surface area contributed by atoms with Crippen molar-refractivity contribution in [1.82, 2.24) is 9.88 Å². The fraction of sp³-hybridized carbons (Fsp3) is 0.333. The smallest absolute Gasteiger partial charge is 0.260 e. The summed E-state index contributed by atoms with van der Waals surface area (Å²) in [5.41, 5.74) is 3.16. The van der Waals surface area contributed by atoms with Gasteiger partial charge in [-0.1, -0.05) is 40.6 Å². The summed E-state index contributed by atoms with van der Waals surface area (Å²) >= 11 is 7.89. The molecular formula is C21H22ClN3O2S. The molecule has 0 spiro atoms. The van der Waals surface area contributed by atoms with E-state index >= 15 is 0 Å². The first kappa shape index (κ1) is 19.0. The molecule has 0 radical (unpaired) electrons. The van der Waals surface area contributed by atoms with Gasteiger partial charge in [-0.2, -0.15) is 0 Å². The lowest BCUT2D eigenvalue weighted by Crippen LogP contribution is -2.50. The van der Waals surface area contributed by atoms with Gasteiger partial charge in [0.05, 0.1) is 10.2 Å². The Morgan fingerprint density at radius 1 is 1.11 bits per heavy atom. The second kappa shape index (κ2) is 7.97. The highest BCUT2D eigenvalue weighted by Gasteiger charge is 2.23. The zero-order valence-corrected chi connectivity index (χ0v) is 17.5. The van der Waals surface area contributed by atoms with Gasteiger partial charge in [-0.15, -0.1) is 0 Å². The summed E-state index contributed by atoms with van der Waals surface area (Å²) < 4.78 is 6.76. The molecular weight excluding hydrogens is 394 g/mol. The van der Waals surface area contributed by atoms with Crippen LogP contribution in [-0.2, 0) is 4.79 Å². The first-order valence-corrected chi connectivity index (χ1v) is 10.5. The number of hydrogen-bond donors (Lipinski definition) is 0. The van der Waals surface area contributed by atoms with Gasteiger partial charge >= 0.3 is 0 Å². The molecule has 1 fully saturated rings. The topological polar surface area (TPSA) is 45.7 Å². The van der Waals surface area contributed by atoms with Gasteiger partial charge in [0.1, 0.15) is 5.75 Å². The molecule has 2 heterocycles. The predicted molar refractivity (Wildman–Crippen MR) is 115 cm³/mol. The maximum absolute atomic E-state index is 12.5. The van der Waals surface area contributed by atoms with Crippen LogP contribution in [0.25, 0.3) is 10.2 Å². The minimum Gasteiger partial charge on any atom is -0.484 e. The van der Waals surface area contributed by atoms with Gasteiger partial charge in [-0.3, -0.25) is 4.79 Å². The molecule has 0 atom stereocenters. The van der Waals surface area contributed by atoms with Crippen molar-refractivity contribution in [3.8, 4) is 5.75 Å². The van der Waals surface area contributed by atoms with Crippen molar-refractivity contribution in [1.29, 1.82) is 0 Å². The average molecular weight is 416 g/mol. The molecule has 7 heteroatoms. The second-order valence-corrected chi connectivity index (χ2v) is 8.40. The van der Waals surface area contributed by atoms with Crippen molar-refractivity contribution >= 4 is 44.2 Å². The van der Waals surface area contributed by atoms with Crippen LogP contribution < -0.4 is 9.64 Å². The van der Waals surface area contributed by atoms with Crippen molar-refractivity contribution in [3.63, 3.8) is 0 Å². The third-order valence-electron chi connectivity index (χ3n) is 5.02. The number of aromatic nitrogens is 1. The van der Waals surface area contributed by atoms with Crippen molar-refractivity contribution < 1.29 is 9.53 Å². The van der Waals surface area contributed by atoms with E-state index in [9.17, 15) is 4.79 Å². The van der Waals surface area contributed by atoms with Crippen LogP contribution in [0.5, 0.6) is 5.75 Å². The first-order chi connectivity index (χ1) is 13.5. The van der Waals surface area contributed by atoms with Crippen LogP contribution in [0.2, 0.25) is 5.02 Å². The Morgan fingerprint density at radius 2 is 1.82 bits per heavy atom. The van der Waals surface area contributed by atoms with Crippen molar-refractivity contribution in [3.05, 3.63) is 52.5 Å². The van der Waals surface area contributed by atoms with Crippen molar-refractivity contribution in [2.75, 3.05) is 37.7 Å². The largest absolute Gasteiger partial charge is 0.484 e. The monoisotopic (exact) mass is 415 g/mol. The number of benzene rings is 2. The summed E-state index contributed by atoms with van der Waals surface area (Å²) in [6, 6.07) is 11.7. The molecule has 0 N–H and O–H groups in total. The number of rotatable bonds is 4. The molecule has 146 valence electrons. The Morgan fingerprint density at radius 3 is 2.54 bits per heavy atom. The molecule has 0 saturated carbocycles. The van der Waals surface area contributed by atoms with Crippen LogP contribution in [0.1, 0.15) is 11.1 Å². The number of ether oxygens (including phenoxy) is 1. The van der Waals surface area contributed by atoms with E-state index in [4.69, 9.17) is 21.3 Å². The second-order valence-electron chi connectivity index (χ2n) is 6.99. The van der Waals surface area contributed by atoms with Gasteiger partial charge < -0.3 is 14.5 Å². The Labute approximate surface area is 173 Å². The van der Waals surface area contributed by atoms with E-state index in [0.29, 0.717) is 13.1 Å². The third-order valence-corrected chi connectivity index (χ3v) is 6.51. The number of fused-ring (bicyclic) bond motifs is 1. The highest BCUT2D eigenvalue weighted by atomic mass is 35.5. The number of anilines is 1. The Hall–Kier alpha value is -2.31. The SMILES string of the molecule is Cc1ccc(OCC(=O)N2CCN(c3nc4c(C)c(Cl)ccc4s3)CC2)cc1. The Kier molecular flexibility index (Phi) is 5.42. The third kappa shape index (κ3) is 3.93. The number of hydrogen-bond acceptors (Lipinski definition) is 5. The summed E-state index contributed by atoms with van der Waals surface area (Å²) in [5.74, 6) is 0.744. The number of carbonyl (C=O) groups is 1. The lowest BCUT2D eigenvalue weighted by atomic mass is 10.2. The number of nitrogens with zero attached hydrogens (tertiary/aromatic N) is 3. The summed E-state index contributed by atoms with van der Waals surface area (Å²) in [5, 5.41) is 1.73. The molecule has 1 saturated heterocycles. The molecule has 0 bridgehead atoms. The Balaban J connectivity index is 1.34. The highest BCUT2D eigenvalue weighted by Crippen LogP contribution is 2.33. The molecule has 0 aliphatic carbocycles. The van der Waals surface area contributed by atoms with E-state index in [1.54, 1.807) is 11.3 Å². The molecule has 1 aliphatic rings. The quantitative estimate of drug-likeness (QED) is 0.637. The minimum absolute atomic E-state index is 0.0205. The van der Waals surface area contributed by atoms with E-state index in [-0.39, 0.29) is 12.5 Å². The Bertz CT molecular complexity index is 995. The van der Waals surface area contributed by atoms with Crippen LogP contribution in [0.3, 0.4) is 0 Å². The summed E-state index contributed by atoms with van der Waals surface area (Å²) in [4.78, 5) is 21.3. The normalized spacial score (nSPS) is 14.5. The molecule has 0 unspecified atom stereocenters. The fourth-order valence-electron chi connectivity index (χ4n) is 3.24. The lowest BCUT2D eigenvalue weighted by molar-refractivity contribution is -0.133. The van der Waals surface area contributed by atoms with Gasteiger partial charge in [-0.05, 0) is 43.7 Å². The molecule has 1 aliphatic heterocycles. The van der Waals surface area contributed by atoms with Crippen LogP contribution in [0.15, 0.2) is 36.4 Å². The standard InChI is InChI=1S/C21H22ClN3O2S/c1-14-3-5-16(6-4-14)27-13-19(26)24-9-11-25(12-10-24)21-23-20-15(2)17(22)7-8-18(20)28-21/h3-8H,9-13H2,1-2H3. The molecule has 2 aromatic carbocycles. The fourth-order valence-corrected chi connectivity index (χ4v) is 4.47. The van der Waals surface area contributed by atoms with E-state index in [0.717, 1.165) is 44.8 Å². The van der Waals surface area contributed by atoms with Gasteiger partial charge in [0.25, 0.3) is 5.91 Å². The van der Waals surface area contributed by atoms with Crippen LogP contribution in [0.4, 0.5) is 5.13 Å². The predicted octanol–water partition coefficient (Wildman–Crippen LogP) is 4.29. The van der Waals surface area contributed by atoms with Crippen LogP contribution >= 0.6 is 22.9 Å². The summed E-state index contributed by atoms with van der Waals surface area (Å²) in [6.07, 6.45) is 0. The van der Waals surface area contributed by atoms with Crippen LogP contribution in [-0.4, -0.2) is 48.6 Å². The van der Waals surface area contributed by atoms with E-state index < -0.39 is 0 Å². The van der Waals surface area contributed by atoms with Gasteiger partial charge in [0.2, 0.25) is 0 Å². The molecule has 1 aromatic heterocycles. The zero-order chi connectivity index (χ0) is 19.7. The number of amides is 1.